The fourth-order valence-corrected chi connectivity index (χ4v) is 8.70. The van der Waals surface area contributed by atoms with E-state index in [1.54, 1.807) is 0 Å². The van der Waals surface area contributed by atoms with Crippen LogP contribution in [0, 0.1) is 0 Å². The fraction of sp³-hybridized carbons (Fsp3) is 0. The minimum absolute atomic E-state index is 0.884. The number of benzene rings is 8. The third kappa shape index (κ3) is 5.10. The lowest BCUT2D eigenvalue weighted by molar-refractivity contribution is 0.669. The van der Waals surface area contributed by atoms with E-state index in [2.05, 4.69) is 181 Å². The first-order valence-corrected chi connectivity index (χ1v) is 18.1. The van der Waals surface area contributed by atoms with Crippen molar-refractivity contribution in [3.05, 3.63) is 188 Å². The molecule has 0 N–H and O–H groups in total. The summed E-state index contributed by atoms with van der Waals surface area (Å²) >= 11 is 1.86. The topological polar surface area (TPSA) is 16.4 Å². The zero-order chi connectivity index (χ0) is 33.7. The fourth-order valence-electron chi connectivity index (χ4n) is 7.46. The van der Waals surface area contributed by atoms with Crippen LogP contribution >= 0.6 is 11.3 Å². The van der Waals surface area contributed by atoms with Gasteiger partial charge in [0.15, 0.2) is 0 Å². The highest BCUT2D eigenvalue weighted by Gasteiger charge is 2.23. The highest BCUT2D eigenvalue weighted by molar-refractivity contribution is 7.26. The quantitative estimate of drug-likeness (QED) is 0.175. The molecule has 0 radical (unpaired) electrons. The van der Waals surface area contributed by atoms with Gasteiger partial charge in [-0.3, -0.25) is 0 Å². The van der Waals surface area contributed by atoms with Crippen molar-refractivity contribution in [3.8, 4) is 33.4 Å². The number of fused-ring (bicyclic) bond motifs is 6. The average molecular weight is 670 g/mol. The Hall–Kier alpha value is -6.42. The van der Waals surface area contributed by atoms with E-state index in [0.29, 0.717) is 0 Å². The maximum atomic E-state index is 6.31. The molecule has 3 heteroatoms. The van der Waals surface area contributed by atoms with Crippen LogP contribution in [0.25, 0.3) is 75.5 Å². The SMILES string of the molecule is c1ccc(-c2cc(-c3ccccc3)cc(N(c3ccc4oc5ccccc5c4c3)c3ccc(-c4ccccc4)c4c3sc3ccccc34)c2)cc1. The molecule has 0 spiro atoms. The molecule has 2 heterocycles. The number of hydrogen-bond donors (Lipinski definition) is 0. The van der Waals surface area contributed by atoms with E-state index in [1.165, 1.54) is 53.6 Å². The van der Waals surface area contributed by atoms with Gasteiger partial charge in [-0.15, -0.1) is 11.3 Å². The molecule has 2 nitrogen and oxygen atoms in total. The van der Waals surface area contributed by atoms with E-state index in [9.17, 15) is 0 Å². The van der Waals surface area contributed by atoms with Gasteiger partial charge in [-0.25, -0.2) is 0 Å². The van der Waals surface area contributed by atoms with Crippen LogP contribution in [-0.4, -0.2) is 0 Å². The monoisotopic (exact) mass is 669 g/mol. The molecule has 51 heavy (non-hydrogen) atoms. The first kappa shape index (κ1) is 29.5. The zero-order valence-electron chi connectivity index (χ0n) is 27.7. The largest absolute Gasteiger partial charge is 0.456 e. The van der Waals surface area contributed by atoms with Crippen LogP contribution in [0.5, 0.6) is 0 Å². The maximum Gasteiger partial charge on any atom is 0.135 e. The van der Waals surface area contributed by atoms with Crippen LogP contribution in [0.15, 0.2) is 192 Å². The molecular weight excluding hydrogens is 639 g/mol. The van der Waals surface area contributed by atoms with Gasteiger partial charge in [-0.05, 0) is 88.0 Å². The highest BCUT2D eigenvalue weighted by Crippen LogP contribution is 2.49. The molecule has 0 saturated heterocycles. The van der Waals surface area contributed by atoms with Crippen molar-refractivity contribution in [1.29, 1.82) is 0 Å². The number of nitrogens with zero attached hydrogens (tertiary/aromatic N) is 1. The summed E-state index contributed by atoms with van der Waals surface area (Å²) in [6.45, 7) is 0. The number of para-hydroxylation sites is 1. The molecule has 0 bridgehead atoms. The molecule has 0 aliphatic carbocycles. The number of thiophene rings is 1. The number of rotatable bonds is 6. The Morgan fingerprint density at radius 1 is 0.392 bits per heavy atom. The Morgan fingerprint density at radius 3 is 1.69 bits per heavy atom. The molecule has 0 aliphatic rings. The summed E-state index contributed by atoms with van der Waals surface area (Å²) in [6.07, 6.45) is 0. The van der Waals surface area contributed by atoms with Crippen molar-refractivity contribution >= 4 is 70.5 Å². The molecule has 8 aromatic carbocycles. The van der Waals surface area contributed by atoms with E-state index in [-0.39, 0.29) is 0 Å². The van der Waals surface area contributed by atoms with Crippen LogP contribution < -0.4 is 4.90 Å². The Balaban J connectivity index is 1.30. The first-order chi connectivity index (χ1) is 25.3. The van der Waals surface area contributed by atoms with Gasteiger partial charge >= 0.3 is 0 Å². The summed E-state index contributed by atoms with van der Waals surface area (Å²) in [5.74, 6) is 0. The maximum absolute atomic E-state index is 6.31. The second kappa shape index (κ2) is 12.2. The second-order valence-electron chi connectivity index (χ2n) is 12.9. The summed E-state index contributed by atoms with van der Waals surface area (Å²) in [5, 5.41) is 4.77. The van der Waals surface area contributed by atoms with Crippen molar-refractivity contribution in [3.63, 3.8) is 0 Å². The van der Waals surface area contributed by atoms with Crippen LogP contribution in [-0.2, 0) is 0 Å². The third-order valence-electron chi connectivity index (χ3n) is 9.84. The second-order valence-corrected chi connectivity index (χ2v) is 14.0. The minimum Gasteiger partial charge on any atom is -0.456 e. The lowest BCUT2D eigenvalue weighted by Gasteiger charge is -2.28. The van der Waals surface area contributed by atoms with E-state index in [0.717, 1.165) is 39.0 Å². The molecular formula is C48H31NOS. The van der Waals surface area contributed by atoms with Crippen LogP contribution in [0.1, 0.15) is 0 Å². The highest BCUT2D eigenvalue weighted by atomic mass is 32.1. The predicted octanol–water partition coefficient (Wildman–Crippen LogP) is 14.4. The van der Waals surface area contributed by atoms with Gasteiger partial charge in [0.2, 0.25) is 0 Å². The zero-order valence-corrected chi connectivity index (χ0v) is 28.5. The lowest BCUT2D eigenvalue weighted by atomic mass is 9.96. The average Bonchev–Trinajstić information content (AvgIpc) is 3.78. The van der Waals surface area contributed by atoms with Crippen LogP contribution in [0.4, 0.5) is 17.1 Å². The first-order valence-electron chi connectivity index (χ1n) is 17.3. The van der Waals surface area contributed by atoms with E-state index < -0.39 is 0 Å². The predicted molar refractivity (Wildman–Crippen MR) is 218 cm³/mol. The van der Waals surface area contributed by atoms with Gasteiger partial charge in [0.1, 0.15) is 11.2 Å². The summed E-state index contributed by atoms with van der Waals surface area (Å²) in [7, 11) is 0. The molecule has 0 atom stereocenters. The molecule has 0 saturated carbocycles. The number of anilines is 3. The molecule has 0 fully saturated rings. The molecule has 2 aromatic heterocycles. The molecule has 0 aliphatic heterocycles. The van der Waals surface area contributed by atoms with Crippen molar-refractivity contribution < 1.29 is 4.42 Å². The normalized spacial score (nSPS) is 11.5. The van der Waals surface area contributed by atoms with Gasteiger partial charge in [0.05, 0.1) is 10.4 Å². The summed E-state index contributed by atoms with van der Waals surface area (Å²) in [4.78, 5) is 2.45. The van der Waals surface area contributed by atoms with Gasteiger partial charge in [0.25, 0.3) is 0 Å². The van der Waals surface area contributed by atoms with Gasteiger partial charge in [-0.2, -0.15) is 0 Å². The Bertz CT molecular complexity index is 2790. The Kier molecular flexibility index (Phi) is 7.04. The lowest BCUT2D eigenvalue weighted by Crippen LogP contribution is -2.10. The Morgan fingerprint density at radius 2 is 0.980 bits per heavy atom. The number of furan rings is 1. The molecule has 10 aromatic rings. The summed E-state index contributed by atoms with van der Waals surface area (Å²) in [6, 6.07) is 67.5. The van der Waals surface area contributed by atoms with E-state index in [4.69, 9.17) is 4.42 Å². The van der Waals surface area contributed by atoms with E-state index in [1.807, 2.05) is 23.5 Å². The smallest absolute Gasteiger partial charge is 0.135 e. The van der Waals surface area contributed by atoms with Crippen molar-refractivity contribution in [2.24, 2.45) is 0 Å². The molecule has 240 valence electrons. The standard InChI is InChI=1S/C48H31NOS/c1-4-14-32(15-5-1)35-28-36(33-16-6-2-7-17-33)30-38(29-35)49(37-24-27-45-42(31-37)40-20-10-12-22-44(40)50-45)43-26-25-39(34-18-8-3-9-19-34)47-41-21-11-13-23-46(41)51-48(43)47/h1-31H. The minimum atomic E-state index is 0.884. The van der Waals surface area contributed by atoms with Crippen LogP contribution in [0.2, 0.25) is 0 Å². The van der Waals surface area contributed by atoms with Crippen molar-refractivity contribution in [2.75, 3.05) is 4.90 Å². The Labute approximate surface area is 300 Å². The third-order valence-corrected chi connectivity index (χ3v) is 11.0. The van der Waals surface area contributed by atoms with Gasteiger partial charge in [-0.1, -0.05) is 133 Å². The van der Waals surface area contributed by atoms with Crippen molar-refractivity contribution in [1.82, 2.24) is 0 Å². The summed E-state index contributed by atoms with van der Waals surface area (Å²) < 4.78 is 8.84. The van der Waals surface area contributed by atoms with Gasteiger partial charge < -0.3 is 9.32 Å². The van der Waals surface area contributed by atoms with Crippen LogP contribution in [0.3, 0.4) is 0 Å². The van der Waals surface area contributed by atoms with Crippen molar-refractivity contribution in [2.45, 2.75) is 0 Å². The molecule has 0 unspecified atom stereocenters. The molecule has 0 amide bonds. The van der Waals surface area contributed by atoms with E-state index >= 15 is 0 Å². The number of hydrogen-bond acceptors (Lipinski definition) is 3. The van der Waals surface area contributed by atoms with Gasteiger partial charge in [0, 0.05) is 37.6 Å². The molecule has 10 rings (SSSR count). The summed E-state index contributed by atoms with van der Waals surface area (Å²) in [5.41, 5.74) is 12.2.